The molecule has 0 radical (unpaired) electrons. The molecule has 0 aliphatic heterocycles. The zero-order valence-electron chi connectivity index (χ0n) is 12.5. The van der Waals surface area contributed by atoms with E-state index in [1.165, 1.54) is 0 Å². The molecular weight excluding hydrogens is 267 g/mol. The van der Waals surface area contributed by atoms with Gasteiger partial charge in [0.2, 0.25) is 0 Å². The molecule has 2 aromatic rings. The van der Waals surface area contributed by atoms with Crippen LogP contribution in [0, 0.1) is 26.6 Å². The minimum absolute atomic E-state index is 0.160. The summed E-state index contributed by atoms with van der Waals surface area (Å²) in [6, 6.07) is 8.67. The molecule has 0 aliphatic carbocycles. The minimum atomic E-state index is -0.195. The molecule has 0 bridgehead atoms. The van der Waals surface area contributed by atoms with E-state index in [4.69, 9.17) is 5.73 Å². The van der Waals surface area contributed by atoms with Crippen LogP contribution < -0.4 is 11.1 Å². The Morgan fingerprint density at radius 2 is 1.71 bits per heavy atom. The monoisotopic (exact) mass is 286 g/mol. The van der Waals surface area contributed by atoms with Gasteiger partial charge in [-0.05, 0) is 61.2 Å². The average molecular weight is 286 g/mol. The first-order valence-corrected chi connectivity index (χ1v) is 6.78. The summed E-state index contributed by atoms with van der Waals surface area (Å²) in [5, 5.41) is 2.85. The van der Waals surface area contributed by atoms with Crippen molar-refractivity contribution in [2.24, 2.45) is 0 Å². The van der Waals surface area contributed by atoms with Gasteiger partial charge in [-0.1, -0.05) is 12.1 Å². The molecule has 2 rings (SSSR count). The lowest BCUT2D eigenvalue weighted by molar-refractivity contribution is 0.0950. The molecule has 3 N–H and O–H groups in total. The molecule has 21 heavy (non-hydrogen) atoms. The number of hydrogen-bond acceptors (Lipinski definition) is 2. The highest BCUT2D eigenvalue weighted by Gasteiger charge is 2.10. The van der Waals surface area contributed by atoms with Gasteiger partial charge in [-0.15, -0.1) is 0 Å². The standard InChI is InChI=1S/C17H19FN2O/c1-10-8-14(19)4-5-15(10)17(21)20-9-13-6-11(2)16(18)12(3)7-13/h4-8H,9,19H2,1-3H3,(H,20,21). The third-order valence-corrected chi connectivity index (χ3v) is 3.44. The van der Waals surface area contributed by atoms with Crippen molar-refractivity contribution in [2.75, 3.05) is 5.73 Å². The van der Waals surface area contributed by atoms with Crippen molar-refractivity contribution in [3.63, 3.8) is 0 Å². The fourth-order valence-electron chi connectivity index (χ4n) is 2.36. The van der Waals surface area contributed by atoms with Crippen molar-refractivity contribution in [3.8, 4) is 0 Å². The van der Waals surface area contributed by atoms with Crippen molar-refractivity contribution in [1.29, 1.82) is 0 Å². The number of nitrogens with one attached hydrogen (secondary N) is 1. The number of carbonyl (C=O) groups is 1. The van der Waals surface area contributed by atoms with Crippen LogP contribution in [-0.2, 0) is 6.54 Å². The summed E-state index contributed by atoms with van der Waals surface area (Å²) in [6.07, 6.45) is 0. The molecular formula is C17H19FN2O. The maximum Gasteiger partial charge on any atom is 0.251 e. The van der Waals surface area contributed by atoms with Gasteiger partial charge in [0.05, 0.1) is 0 Å². The van der Waals surface area contributed by atoms with E-state index in [9.17, 15) is 9.18 Å². The number of aryl methyl sites for hydroxylation is 3. The van der Waals surface area contributed by atoms with Gasteiger partial charge < -0.3 is 11.1 Å². The summed E-state index contributed by atoms with van der Waals surface area (Å²) in [5.74, 6) is -0.355. The minimum Gasteiger partial charge on any atom is -0.399 e. The van der Waals surface area contributed by atoms with Gasteiger partial charge in [0.1, 0.15) is 5.82 Å². The maximum atomic E-state index is 13.6. The summed E-state index contributed by atoms with van der Waals surface area (Å²) in [6.45, 7) is 5.65. The van der Waals surface area contributed by atoms with Crippen LogP contribution in [0.5, 0.6) is 0 Å². The lowest BCUT2D eigenvalue weighted by Gasteiger charge is -2.10. The molecule has 2 aromatic carbocycles. The van der Waals surface area contributed by atoms with Crippen LogP contribution in [0.1, 0.15) is 32.6 Å². The van der Waals surface area contributed by atoms with Gasteiger partial charge in [-0.25, -0.2) is 4.39 Å². The molecule has 0 aromatic heterocycles. The topological polar surface area (TPSA) is 55.1 Å². The second-order valence-electron chi connectivity index (χ2n) is 5.30. The Bertz CT molecular complexity index is 672. The normalized spacial score (nSPS) is 10.5. The molecule has 0 saturated carbocycles. The number of amides is 1. The fraction of sp³-hybridized carbons (Fsp3) is 0.235. The van der Waals surface area contributed by atoms with Gasteiger partial charge in [0.25, 0.3) is 5.91 Å². The molecule has 0 saturated heterocycles. The first kappa shape index (κ1) is 15.0. The van der Waals surface area contributed by atoms with Crippen molar-refractivity contribution in [2.45, 2.75) is 27.3 Å². The van der Waals surface area contributed by atoms with Crippen LogP contribution in [0.4, 0.5) is 10.1 Å². The van der Waals surface area contributed by atoms with Gasteiger partial charge in [0, 0.05) is 17.8 Å². The smallest absolute Gasteiger partial charge is 0.251 e. The van der Waals surface area contributed by atoms with Crippen LogP contribution in [0.25, 0.3) is 0 Å². The Labute approximate surface area is 124 Å². The predicted octanol–water partition coefficient (Wildman–Crippen LogP) is 3.26. The molecule has 0 atom stereocenters. The average Bonchev–Trinajstić information content (AvgIpc) is 2.42. The van der Waals surface area contributed by atoms with E-state index >= 15 is 0 Å². The van der Waals surface area contributed by atoms with E-state index in [0.717, 1.165) is 11.1 Å². The Hall–Kier alpha value is -2.36. The number of hydrogen-bond donors (Lipinski definition) is 2. The third kappa shape index (κ3) is 3.40. The largest absolute Gasteiger partial charge is 0.399 e. The molecule has 4 heteroatoms. The Balaban J connectivity index is 2.11. The van der Waals surface area contributed by atoms with Crippen molar-refractivity contribution in [1.82, 2.24) is 5.32 Å². The highest BCUT2D eigenvalue weighted by Crippen LogP contribution is 2.15. The quantitative estimate of drug-likeness (QED) is 0.851. The highest BCUT2D eigenvalue weighted by molar-refractivity contribution is 5.95. The van der Waals surface area contributed by atoms with Gasteiger partial charge in [0.15, 0.2) is 0 Å². The summed E-state index contributed by atoms with van der Waals surface area (Å²) in [7, 11) is 0. The van der Waals surface area contributed by atoms with Crippen LogP contribution >= 0.6 is 0 Å². The van der Waals surface area contributed by atoms with Crippen LogP contribution in [0.2, 0.25) is 0 Å². The number of anilines is 1. The number of nitrogens with two attached hydrogens (primary N) is 1. The Morgan fingerprint density at radius 1 is 1.10 bits per heavy atom. The first-order valence-electron chi connectivity index (χ1n) is 6.78. The van der Waals surface area contributed by atoms with Crippen molar-refractivity contribution in [3.05, 3.63) is 64.0 Å². The van der Waals surface area contributed by atoms with E-state index in [1.54, 1.807) is 44.2 Å². The molecule has 0 aliphatic rings. The molecule has 0 heterocycles. The summed E-state index contributed by atoms with van der Waals surface area (Å²) in [4.78, 5) is 12.2. The zero-order valence-corrected chi connectivity index (χ0v) is 12.5. The van der Waals surface area contributed by atoms with E-state index in [2.05, 4.69) is 5.32 Å². The molecule has 0 unspecified atom stereocenters. The lowest BCUT2D eigenvalue weighted by Crippen LogP contribution is -2.23. The van der Waals surface area contributed by atoms with Crippen LogP contribution in [0.3, 0.4) is 0 Å². The van der Waals surface area contributed by atoms with Crippen LogP contribution in [-0.4, -0.2) is 5.91 Å². The molecule has 0 fully saturated rings. The number of rotatable bonds is 3. The van der Waals surface area contributed by atoms with E-state index in [-0.39, 0.29) is 11.7 Å². The second-order valence-corrected chi connectivity index (χ2v) is 5.30. The number of benzene rings is 2. The SMILES string of the molecule is Cc1cc(N)ccc1C(=O)NCc1cc(C)c(F)c(C)c1. The predicted molar refractivity (Wildman–Crippen MR) is 82.6 cm³/mol. The lowest BCUT2D eigenvalue weighted by atomic mass is 10.1. The summed E-state index contributed by atoms with van der Waals surface area (Å²) >= 11 is 0. The first-order chi connectivity index (χ1) is 9.88. The number of halogens is 1. The van der Waals surface area contributed by atoms with Gasteiger partial charge in [-0.2, -0.15) is 0 Å². The Kier molecular flexibility index (Phi) is 4.26. The molecule has 1 amide bonds. The molecule has 0 spiro atoms. The van der Waals surface area contributed by atoms with E-state index < -0.39 is 0 Å². The second kappa shape index (κ2) is 5.95. The molecule has 3 nitrogen and oxygen atoms in total. The highest BCUT2D eigenvalue weighted by atomic mass is 19.1. The Morgan fingerprint density at radius 3 is 2.29 bits per heavy atom. The van der Waals surface area contributed by atoms with Gasteiger partial charge in [-0.3, -0.25) is 4.79 Å². The number of nitrogen functional groups attached to an aromatic ring is 1. The van der Waals surface area contributed by atoms with Crippen molar-refractivity contribution >= 4 is 11.6 Å². The molecule has 110 valence electrons. The van der Waals surface area contributed by atoms with E-state index in [0.29, 0.717) is 28.9 Å². The third-order valence-electron chi connectivity index (χ3n) is 3.44. The van der Waals surface area contributed by atoms with Crippen molar-refractivity contribution < 1.29 is 9.18 Å². The summed E-state index contributed by atoms with van der Waals surface area (Å²) < 4.78 is 13.6. The van der Waals surface area contributed by atoms with Gasteiger partial charge >= 0.3 is 0 Å². The zero-order chi connectivity index (χ0) is 15.6. The maximum absolute atomic E-state index is 13.6. The number of carbonyl (C=O) groups excluding carboxylic acids is 1. The summed E-state index contributed by atoms with van der Waals surface area (Å²) in [5.41, 5.74) is 9.79. The fourth-order valence-corrected chi connectivity index (χ4v) is 2.36. The van der Waals surface area contributed by atoms with E-state index in [1.807, 2.05) is 6.92 Å². The van der Waals surface area contributed by atoms with Crippen LogP contribution in [0.15, 0.2) is 30.3 Å².